The molecule has 2 aromatic rings. The molecule has 0 spiro atoms. The lowest BCUT2D eigenvalue weighted by Crippen LogP contribution is -2.15. The van der Waals surface area contributed by atoms with E-state index in [0.29, 0.717) is 6.04 Å². The van der Waals surface area contributed by atoms with Crippen molar-refractivity contribution in [3.8, 4) is 11.5 Å². The Labute approximate surface area is 123 Å². The first-order valence-corrected chi connectivity index (χ1v) is 7.74. The van der Waals surface area contributed by atoms with Crippen LogP contribution >= 0.6 is 11.3 Å². The molecule has 20 heavy (non-hydrogen) atoms. The van der Waals surface area contributed by atoms with Crippen molar-refractivity contribution in [3.63, 3.8) is 0 Å². The molecule has 3 rings (SSSR count). The topological polar surface area (TPSA) is 30.5 Å². The van der Waals surface area contributed by atoms with Gasteiger partial charge in [0.15, 0.2) is 0 Å². The zero-order chi connectivity index (χ0) is 13.9. The predicted octanol–water partition coefficient (Wildman–Crippen LogP) is 4.25. The average molecular weight is 289 g/mol. The summed E-state index contributed by atoms with van der Waals surface area (Å²) in [5.41, 5.74) is 2.49. The first-order valence-electron chi connectivity index (χ1n) is 6.86. The van der Waals surface area contributed by atoms with E-state index in [2.05, 4.69) is 16.8 Å². The number of hydrogen-bond acceptors (Lipinski definition) is 4. The molecule has 1 heterocycles. The third-order valence-electron chi connectivity index (χ3n) is 3.74. The summed E-state index contributed by atoms with van der Waals surface area (Å²) in [5.74, 6) is 1.63. The largest absolute Gasteiger partial charge is 0.497 e. The number of benzene rings is 1. The molecule has 1 aromatic heterocycles. The molecule has 0 fully saturated rings. The van der Waals surface area contributed by atoms with Gasteiger partial charge in [-0.25, -0.2) is 0 Å². The van der Waals surface area contributed by atoms with Gasteiger partial charge in [-0.15, -0.1) is 11.3 Å². The van der Waals surface area contributed by atoms with Crippen LogP contribution in [0.5, 0.6) is 11.5 Å². The monoisotopic (exact) mass is 289 g/mol. The maximum atomic E-state index is 5.32. The van der Waals surface area contributed by atoms with E-state index < -0.39 is 0 Å². The first kappa shape index (κ1) is 13.3. The Hall–Kier alpha value is -1.68. The molecule has 3 nitrogen and oxygen atoms in total. The fraction of sp³-hybridized carbons (Fsp3) is 0.375. The highest BCUT2D eigenvalue weighted by molar-refractivity contribution is 7.10. The summed E-state index contributed by atoms with van der Waals surface area (Å²) >= 11 is 1.87. The van der Waals surface area contributed by atoms with E-state index in [-0.39, 0.29) is 0 Å². The van der Waals surface area contributed by atoms with Gasteiger partial charge in [-0.1, -0.05) is 0 Å². The first-order chi connectivity index (χ1) is 9.80. The molecule has 1 atom stereocenters. The Bertz CT molecular complexity index is 572. The third kappa shape index (κ3) is 2.61. The second kappa shape index (κ2) is 5.75. The molecule has 1 N–H and O–H groups in total. The van der Waals surface area contributed by atoms with E-state index in [1.54, 1.807) is 14.2 Å². The molecule has 4 heteroatoms. The number of thiophene rings is 1. The van der Waals surface area contributed by atoms with Crippen LogP contribution in [0.15, 0.2) is 29.6 Å². The van der Waals surface area contributed by atoms with Crippen LogP contribution in [0.2, 0.25) is 0 Å². The van der Waals surface area contributed by atoms with Crippen molar-refractivity contribution in [1.82, 2.24) is 0 Å². The van der Waals surface area contributed by atoms with Crippen LogP contribution < -0.4 is 14.8 Å². The van der Waals surface area contributed by atoms with E-state index in [1.807, 2.05) is 29.5 Å². The van der Waals surface area contributed by atoms with Crippen LogP contribution in [-0.4, -0.2) is 14.2 Å². The average Bonchev–Trinajstić information content (AvgIpc) is 2.96. The van der Waals surface area contributed by atoms with Crippen molar-refractivity contribution in [1.29, 1.82) is 0 Å². The van der Waals surface area contributed by atoms with E-state index in [0.717, 1.165) is 17.2 Å². The van der Waals surface area contributed by atoms with Crippen LogP contribution in [0.3, 0.4) is 0 Å². The van der Waals surface area contributed by atoms with Gasteiger partial charge in [0.1, 0.15) is 11.5 Å². The Kier molecular flexibility index (Phi) is 3.83. The third-order valence-corrected chi connectivity index (χ3v) is 4.74. The molecule has 0 radical (unpaired) electrons. The van der Waals surface area contributed by atoms with E-state index in [1.165, 1.54) is 29.7 Å². The summed E-state index contributed by atoms with van der Waals surface area (Å²) in [6, 6.07) is 8.56. The summed E-state index contributed by atoms with van der Waals surface area (Å²) in [4.78, 5) is 1.52. The summed E-state index contributed by atoms with van der Waals surface area (Å²) in [7, 11) is 3.35. The van der Waals surface area contributed by atoms with Gasteiger partial charge in [0, 0.05) is 28.8 Å². The SMILES string of the molecule is COc1cc(NC2CCCc3sccc32)cc(OC)c1. The number of methoxy groups -OCH3 is 2. The maximum Gasteiger partial charge on any atom is 0.124 e. The van der Waals surface area contributed by atoms with Gasteiger partial charge in [-0.05, 0) is 36.3 Å². The van der Waals surface area contributed by atoms with Gasteiger partial charge in [-0.2, -0.15) is 0 Å². The molecule has 1 aromatic carbocycles. The van der Waals surface area contributed by atoms with Gasteiger partial charge in [0.2, 0.25) is 0 Å². The lowest BCUT2D eigenvalue weighted by atomic mass is 9.94. The summed E-state index contributed by atoms with van der Waals surface area (Å²) in [6.45, 7) is 0. The summed E-state index contributed by atoms with van der Waals surface area (Å²) in [6.07, 6.45) is 3.63. The zero-order valence-corrected chi connectivity index (χ0v) is 12.6. The van der Waals surface area contributed by atoms with Crippen LogP contribution in [-0.2, 0) is 6.42 Å². The van der Waals surface area contributed by atoms with Crippen molar-refractivity contribution in [3.05, 3.63) is 40.1 Å². The van der Waals surface area contributed by atoms with E-state index in [9.17, 15) is 0 Å². The van der Waals surface area contributed by atoms with Crippen LogP contribution in [0.1, 0.15) is 29.3 Å². The number of nitrogens with one attached hydrogen (secondary N) is 1. The predicted molar refractivity (Wildman–Crippen MR) is 83.2 cm³/mol. The smallest absolute Gasteiger partial charge is 0.124 e. The molecular formula is C16H19NO2S. The normalized spacial score (nSPS) is 17.4. The van der Waals surface area contributed by atoms with Gasteiger partial charge in [0.05, 0.1) is 20.3 Å². The van der Waals surface area contributed by atoms with Crippen molar-refractivity contribution >= 4 is 17.0 Å². The minimum atomic E-state index is 0.391. The van der Waals surface area contributed by atoms with Gasteiger partial charge in [0.25, 0.3) is 0 Å². The lowest BCUT2D eigenvalue weighted by Gasteiger charge is -2.25. The standard InChI is InChI=1S/C16H19NO2S/c1-18-12-8-11(9-13(10-12)19-2)17-15-4-3-5-16-14(15)6-7-20-16/h6-10,15,17H,3-5H2,1-2H3. The molecular weight excluding hydrogens is 270 g/mol. The number of rotatable bonds is 4. The Morgan fingerprint density at radius 2 is 1.90 bits per heavy atom. The van der Waals surface area contributed by atoms with Gasteiger partial charge >= 0.3 is 0 Å². The van der Waals surface area contributed by atoms with E-state index in [4.69, 9.17) is 9.47 Å². The van der Waals surface area contributed by atoms with Crippen molar-refractivity contribution < 1.29 is 9.47 Å². The Morgan fingerprint density at radius 3 is 2.60 bits per heavy atom. The van der Waals surface area contributed by atoms with Gasteiger partial charge < -0.3 is 14.8 Å². The maximum absolute atomic E-state index is 5.32. The molecule has 0 bridgehead atoms. The second-order valence-corrected chi connectivity index (χ2v) is 5.99. The molecule has 0 saturated carbocycles. The second-order valence-electron chi connectivity index (χ2n) is 4.99. The highest BCUT2D eigenvalue weighted by Crippen LogP contribution is 2.36. The molecule has 0 aliphatic heterocycles. The van der Waals surface area contributed by atoms with E-state index >= 15 is 0 Å². The van der Waals surface area contributed by atoms with Crippen molar-refractivity contribution in [2.45, 2.75) is 25.3 Å². The quantitative estimate of drug-likeness (QED) is 0.912. The molecule has 1 aliphatic carbocycles. The highest BCUT2D eigenvalue weighted by Gasteiger charge is 2.21. The Morgan fingerprint density at radius 1 is 1.15 bits per heavy atom. The van der Waals surface area contributed by atoms with Crippen molar-refractivity contribution in [2.75, 3.05) is 19.5 Å². The summed E-state index contributed by atoms with van der Waals surface area (Å²) in [5, 5.41) is 5.81. The number of aryl methyl sites for hydroxylation is 1. The minimum absolute atomic E-state index is 0.391. The molecule has 106 valence electrons. The Balaban J connectivity index is 1.85. The van der Waals surface area contributed by atoms with Crippen LogP contribution in [0.4, 0.5) is 5.69 Å². The number of hydrogen-bond donors (Lipinski definition) is 1. The fourth-order valence-corrected chi connectivity index (χ4v) is 3.72. The minimum Gasteiger partial charge on any atom is -0.497 e. The number of fused-ring (bicyclic) bond motifs is 1. The molecule has 1 aliphatic rings. The number of ether oxygens (including phenoxy) is 2. The fourth-order valence-electron chi connectivity index (χ4n) is 2.73. The molecule has 0 amide bonds. The number of anilines is 1. The lowest BCUT2D eigenvalue weighted by molar-refractivity contribution is 0.394. The van der Waals surface area contributed by atoms with Crippen LogP contribution in [0.25, 0.3) is 0 Å². The summed E-state index contributed by atoms with van der Waals surface area (Å²) < 4.78 is 10.6. The zero-order valence-electron chi connectivity index (χ0n) is 11.8. The van der Waals surface area contributed by atoms with Gasteiger partial charge in [-0.3, -0.25) is 0 Å². The van der Waals surface area contributed by atoms with Crippen molar-refractivity contribution in [2.24, 2.45) is 0 Å². The molecule has 0 saturated heterocycles. The highest BCUT2D eigenvalue weighted by atomic mass is 32.1. The van der Waals surface area contributed by atoms with Crippen LogP contribution in [0, 0.1) is 0 Å². The molecule has 1 unspecified atom stereocenters.